The summed E-state index contributed by atoms with van der Waals surface area (Å²) in [6, 6.07) is 4.90. The van der Waals surface area contributed by atoms with E-state index in [0.717, 1.165) is 15.9 Å². The first-order valence-electron chi connectivity index (χ1n) is 11.4. The van der Waals surface area contributed by atoms with Crippen LogP contribution < -0.4 is 10.6 Å². The number of aromatic nitrogens is 4. The van der Waals surface area contributed by atoms with Crippen LogP contribution in [0.15, 0.2) is 36.7 Å². The molecule has 12 heteroatoms. The van der Waals surface area contributed by atoms with Crippen LogP contribution in [0.25, 0.3) is 20.8 Å². The van der Waals surface area contributed by atoms with E-state index in [0.29, 0.717) is 22.8 Å². The van der Waals surface area contributed by atoms with Crippen molar-refractivity contribution in [1.29, 1.82) is 0 Å². The van der Waals surface area contributed by atoms with Gasteiger partial charge in [-0.15, -0.1) is 11.3 Å². The molecule has 0 saturated heterocycles. The van der Waals surface area contributed by atoms with Gasteiger partial charge in [-0.1, -0.05) is 6.07 Å². The minimum Gasteiger partial charge on any atom is -0.396 e. The first-order valence-corrected chi connectivity index (χ1v) is 12.2. The average Bonchev–Trinajstić information content (AvgIpc) is 3.41. The molecule has 1 aliphatic carbocycles. The number of rotatable bonds is 7. The second kappa shape index (κ2) is 9.97. The Morgan fingerprint density at radius 3 is 2.56 bits per heavy atom. The van der Waals surface area contributed by atoms with Gasteiger partial charge in [0.05, 0.1) is 28.1 Å². The number of thiazole rings is 1. The van der Waals surface area contributed by atoms with Gasteiger partial charge in [0.25, 0.3) is 0 Å². The fourth-order valence-corrected chi connectivity index (χ4v) is 5.35. The normalized spacial score (nSPS) is 21.7. The van der Waals surface area contributed by atoms with Crippen molar-refractivity contribution in [2.45, 2.75) is 38.1 Å². The lowest BCUT2D eigenvalue weighted by molar-refractivity contribution is 0.00446. The summed E-state index contributed by atoms with van der Waals surface area (Å²) in [4.78, 5) is 17.8. The smallest absolute Gasteiger partial charge is 0.224 e. The van der Waals surface area contributed by atoms with Gasteiger partial charge in [0.1, 0.15) is 34.1 Å². The van der Waals surface area contributed by atoms with E-state index in [1.165, 1.54) is 35.7 Å². The lowest BCUT2D eigenvalue weighted by Gasteiger charge is -2.20. The summed E-state index contributed by atoms with van der Waals surface area (Å²) in [6.45, 7) is 1.42. The zero-order valence-electron chi connectivity index (χ0n) is 19.2. The highest BCUT2D eigenvalue weighted by Gasteiger charge is 2.41. The van der Waals surface area contributed by atoms with Gasteiger partial charge in [-0.05, 0) is 31.5 Å². The molecule has 36 heavy (non-hydrogen) atoms. The lowest BCUT2D eigenvalue weighted by Crippen LogP contribution is -2.35. The van der Waals surface area contributed by atoms with Crippen molar-refractivity contribution in [3.63, 3.8) is 0 Å². The van der Waals surface area contributed by atoms with Crippen LogP contribution in [0.4, 0.5) is 20.5 Å². The number of aryl methyl sites for hydroxylation is 1. The first-order chi connectivity index (χ1) is 17.4. The molecule has 0 radical (unpaired) electrons. The van der Waals surface area contributed by atoms with Crippen LogP contribution in [0.1, 0.15) is 17.7 Å². The zero-order chi connectivity index (χ0) is 25.4. The third kappa shape index (κ3) is 4.60. The van der Waals surface area contributed by atoms with E-state index < -0.39 is 35.8 Å². The molecular weight excluding hydrogens is 490 g/mol. The monoisotopic (exact) mass is 514 g/mol. The summed E-state index contributed by atoms with van der Waals surface area (Å²) in [6.07, 6.45) is 1.34. The standard InChI is InChI=1S/C24H24F2N6O3S/c1-11-19-18(5-6-27-11)36-23(31-19)14-9-29-24(28-8-13-15(25)3-2-4-16(13)26)32-22(14)30-17-7-12(10-33)20(34)21(17)35/h2-6,9,12,17,20-21,33-35H,7-8,10H2,1H3,(H2,28,29,30,32). The maximum absolute atomic E-state index is 14.1. The number of hydrogen-bond donors (Lipinski definition) is 5. The van der Waals surface area contributed by atoms with Crippen molar-refractivity contribution >= 4 is 33.3 Å². The Bertz CT molecular complexity index is 1380. The number of fused-ring (bicyclic) bond motifs is 1. The second-order valence-electron chi connectivity index (χ2n) is 8.68. The van der Waals surface area contributed by atoms with Crippen LogP contribution in [0, 0.1) is 24.5 Å². The summed E-state index contributed by atoms with van der Waals surface area (Å²) in [7, 11) is 0. The van der Waals surface area contributed by atoms with Gasteiger partial charge in [0.15, 0.2) is 0 Å². The van der Waals surface area contributed by atoms with Crippen LogP contribution in [0.2, 0.25) is 0 Å². The van der Waals surface area contributed by atoms with E-state index in [1.807, 2.05) is 13.0 Å². The number of aliphatic hydroxyl groups excluding tert-OH is 3. The molecule has 9 nitrogen and oxygen atoms in total. The van der Waals surface area contributed by atoms with Crippen molar-refractivity contribution in [3.8, 4) is 10.6 Å². The summed E-state index contributed by atoms with van der Waals surface area (Å²) in [5, 5.41) is 36.9. The minimum absolute atomic E-state index is 0.106. The van der Waals surface area contributed by atoms with E-state index in [4.69, 9.17) is 4.98 Å². The molecule has 0 bridgehead atoms. The largest absolute Gasteiger partial charge is 0.396 e. The van der Waals surface area contributed by atoms with Crippen molar-refractivity contribution in [2.24, 2.45) is 5.92 Å². The second-order valence-corrected chi connectivity index (χ2v) is 9.71. The fraction of sp³-hybridized carbons (Fsp3) is 0.333. The quantitative estimate of drug-likeness (QED) is 0.252. The number of halogens is 2. The van der Waals surface area contributed by atoms with E-state index in [9.17, 15) is 24.1 Å². The number of hydrogen-bond acceptors (Lipinski definition) is 10. The maximum atomic E-state index is 14.1. The number of pyridine rings is 1. The van der Waals surface area contributed by atoms with Gasteiger partial charge in [-0.25, -0.2) is 18.7 Å². The van der Waals surface area contributed by atoms with E-state index in [1.54, 1.807) is 6.20 Å². The highest BCUT2D eigenvalue weighted by molar-refractivity contribution is 7.21. The topological polar surface area (TPSA) is 136 Å². The van der Waals surface area contributed by atoms with Crippen LogP contribution >= 0.6 is 11.3 Å². The van der Waals surface area contributed by atoms with Crippen molar-refractivity contribution in [2.75, 3.05) is 17.2 Å². The molecule has 1 fully saturated rings. The summed E-state index contributed by atoms with van der Waals surface area (Å²) < 4.78 is 29.0. The molecule has 3 aromatic heterocycles. The Morgan fingerprint density at radius 2 is 1.86 bits per heavy atom. The average molecular weight is 515 g/mol. The first kappa shape index (κ1) is 24.4. The minimum atomic E-state index is -1.13. The molecule has 5 N–H and O–H groups in total. The predicted molar refractivity (Wildman–Crippen MR) is 131 cm³/mol. The number of anilines is 2. The maximum Gasteiger partial charge on any atom is 0.224 e. The van der Waals surface area contributed by atoms with Crippen molar-refractivity contribution in [1.82, 2.24) is 19.9 Å². The number of aliphatic hydroxyl groups is 3. The summed E-state index contributed by atoms with van der Waals surface area (Å²) >= 11 is 1.42. The molecule has 5 rings (SSSR count). The Balaban J connectivity index is 1.49. The van der Waals surface area contributed by atoms with Crippen molar-refractivity contribution < 1.29 is 24.1 Å². The Hall–Kier alpha value is -3.32. The number of nitrogens with zero attached hydrogens (tertiary/aromatic N) is 4. The molecule has 1 saturated carbocycles. The van der Waals surface area contributed by atoms with Gasteiger partial charge in [-0.2, -0.15) is 4.98 Å². The Labute approximate surface area is 208 Å². The number of nitrogens with one attached hydrogen (secondary N) is 2. The Morgan fingerprint density at radius 1 is 1.08 bits per heavy atom. The van der Waals surface area contributed by atoms with Gasteiger partial charge in [0, 0.05) is 37.0 Å². The van der Waals surface area contributed by atoms with Gasteiger partial charge in [-0.3, -0.25) is 4.98 Å². The third-order valence-corrected chi connectivity index (χ3v) is 7.41. The van der Waals surface area contributed by atoms with E-state index in [-0.39, 0.29) is 24.7 Å². The Kier molecular flexibility index (Phi) is 6.75. The molecule has 3 heterocycles. The molecule has 4 unspecified atom stereocenters. The van der Waals surface area contributed by atoms with Gasteiger partial charge < -0.3 is 26.0 Å². The predicted octanol–water partition coefficient (Wildman–Crippen LogP) is 2.86. The molecule has 1 aliphatic rings. The van der Waals surface area contributed by atoms with Crippen molar-refractivity contribution in [3.05, 3.63) is 59.6 Å². The van der Waals surface area contributed by atoms with Crippen LogP contribution in [0.5, 0.6) is 0 Å². The van der Waals surface area contributed by atoms with Gasteiger partial charge >= 0.3 is 0 Å². The van der Waals surface area contributed by atoms with E-state index in [2.05, 4.69) is 25.6 Å². The summed E-state index contributed by atoms with van der Waals surface area (Å²) in [5.74, 6) is -1.43. The highest BCUT2D eigenvalue weighted by atomic mass is 32.1. The molecule has 188 valence electrons. The molecule has 1 aromatic carbocycles. The number of benzene rings is 1. The molecular formula is C24H24F2N6O3S. The highest BCUT2D eigenvalue weighted by Crippen LogP contribution is 2.36. The third-order valence-electron chi connectivity index (χ3n) is 6.35. The van der Waals surface area contributed by atoms with Gasteiger partial charge in [0.2, 0.25) is 5.95 Å². The summed E-state index contributed by atoms with van der Waals surface area (Å²) in [5.41, 5.74) is 1.93. The zero-order valence-corrected chi connectivity index (χ0v) is 20.0. The van der Waals surface area contributed by atoms with E-state index >= 15 is 0 Å². The molecule has 4 atom stereocenters. The van der Waals surface area contributed by atoms with Crippen LogP contribution in [-0.2, 0) is 6.54 Å². The fourth-order valence-electron chi connectivity index (χ4n) is 4.32. The SMILES string of the molecule is Cc1nccc2sc(-c3cnc(NCc4c(F)cccc4F)nc3NC3CC(CO)C(O)C3O)nc12. The molecule has 0 aliphatic heterocycles. The molecule has 0 amide bonds. The molecule has 0 spiro atoms. The molecule has 4 aromatic rings. The van der Waals surface area contributed by atoms with Crippen LogP contribution in [0.3, 0.4) is 0 Å². The van der Waals surface area contributed by atoms with Crippen LogP contribution in [-0.4, -0.2) is 60.1 Å². The lowest BCUT2D eigenvalue weighted by atomic mass is 10.1.